The highest BCUT2D eigenvalue weighted by atomic mass is 79.9. The number of rotatable bonds is 7. The Hall–Kier alpha value is -3.03. The number of hydrogen-bond donors (Lipinski definition) is 1. The van der Waals surface area contributed by atoms with Gasteiger partial charge in [-0.3, -0.25) is 9.48 Å². The van der Waals surface area contributed by atoms with Crippen LogP contribution in [0.4, 0.5) is 5.69 Å². The molecule has 8 heteroatoms. The summed E-state index contributed by atoms with van der Waals surface area (Å²) in [6.07, 6.45) is 0. The predicted molar refractivity (Wildman–Crippen MR) is 127 cm³/mol. The summed E-state index contributed by atoms with van der Waals surface area (Å²) in [5.74, 6) is 1.12. The first-order valence-corrected chi connectivity index (χ1v) is 11.1. The van der Waals surface area contributed by atoms with E-state index >= 15 is 0 Å². The van der Waals surface area contributed by atoms with Crippen LogP contribution in [-0.4, -0.2) is 15.7 Å². The molecule has 4 rings (SSSR count). The van der Waals surface area contributed by atoms with Gasteiger partial charge in [0.2, 0.25) is 0 Å². The van der Waals surface area contributed by atoms with Gasteiger partial charge in [-0.1, -0.05) is 35.9 Å². The number of ether oxygens (including phenoxy) is 1. The van der Waals surface area contributed by atoms with Gasteiger partial charge in [0.1, 0.15) is 18.1 Å². The molecule has 4 aromatic rings. The van der Waals surface area contributed by atoms with Gasteiger partial charge >= 0.3 is 0 Å². The molecule has 0 saturated carbocycles. The Bertz CT molecular complexity index is 1270. The second-order valence-corrected chi connectivity index (χ2v) is 8.56. The molecule has 2 aromatic carbocycles. The van der Waals surface area contributed by atoms with Crippen molar-refractivity contribution in [3.63, 3.8) is 0 Å². The molecule has 6 nitrogen and oxygen atoms in total. The van der Waals surface area contributed by atoms with E-state index in [1.807, 2.05) is 67.1 Å². The predicted octanol–water partition coefficient (Wildman–Crippen LogP) is 6.39. The topological polar surface area (TPSA) is 69.3 Å². The SMILES string of the molecule is Cc1nn(Cc2cccc(Cl)c2)c(C)c1NC(=O)c1ccc(COc2ccccc2Br)o1. The van der Waals surface area contributed by atoms with Gasteiger partial charge in [0.05, 0.1) is 28.1 Å². The van der Waals surface area contributed by atoms with E-state index in [0.717, 1.165) is 21.4 Å². The number of anilines is 1. The molecule has 2 heterocycles. The molecule has 0 saturated heterocycles. The molecule has 2 aromatic heterocycles. The number of aryl methyl sites for hydroxylation is 1. The van der Waals surface area contributed by atoms with Gasteiger partial charge in [-0.05, 0) is 71.7 Å². The molecule has 1 amide bonds. The summed E-state index contributed by atoms with van der Waals surface area (Å²) in [7, 11) is 0. The fourth-order valence-electron chi connectivity index (χ4n) is 3.30. The number of furan rings is 1. The van der Waals surface area contributed by atoms with Gasteiger partial charge in [0.15, 0.2) is 5.76 Å². The maximum atomic E-state index is 12.8. The minimum Gasteiger partial charge on any atom is -0.484 e. The summed E-state index contributed by atoms with van der Waals surface area (Å²) >= 11 is 9.52. The lowest BCUT2D eigenvalue weighted by molar-refractivity contribution is 0.0992. The van der Waals surface area contributed by atoms with Crippen LogP contribution in [0.15, 0.2) is 69.6 Å². The molecule has 0 bridgehead atoms. The standard InChI is InChI=1S/C24H21BrClN3O3/c1-15-23(16(2)29(28-15)13-17-6-5-7-18(26)12-17)27-24(30)22-11-10-19(32-22)14-31-21-9-4-3-8-20(21)25/h3-12H,13-14H2,1-2H3,(H,27,30). The van der Waals surface area contributed by atoms with E-state index in [-0.39, 0.29) is 18.3 Å². The number of nitrogens with one attached hydrogen (secondary N) is 1. The van der Waals surface area contributed by atoms with E-state index < -0.39 is 0 Å². The maximum Gasteiger partial charge on any atom is 0.291 e. The van der Waals surface area contributed by atoms with E-state index in [9.17, 15) is 4.79 Å². The smallest absolute Gasteiger partial charge is 0.291 e. The first-order chi connectivity index (χ1) is 15.4. The lowest BCUT2D eigenvalue weighted by Gasteiger charge is -2.07. The average molecular weight is 515 g/mol. The molecule has 164 valence electrons. The Morgan fingerprint density at radius 3 is 2.75 bits per heavy atom. The van der Waals surface area contributed by atoms with Crippen molar-refractivity contribution < 1.29 is 13.9 Å². The number of nitrogens with zero attached hydrogens (tertiary/aromatic N) is 2. The fraction of sp³-hybridized carbons (Fsp3) is 0.167. The number of benzene rings is 2. The third-order valence-corrected chi connectivity index (χ3v) is 5.82. The van der Waals surface area contributed by atoms with E-state index in [2.05, 4.69) is 26.3 Å². The number of halogens is 2. The van der Waals surface area contributed by atoms with Crippen LogP contribution < -0.4 is 10.1 Å². The first kappa shape index (κ1) is 22.2. The second kappa shape index (κ2) is 9.63. The van der Waals surface area contributed by atoms with Crippen molar-refractivity contribution in [1.29, 1.82) is 0 Å². The van der Waals surface area contributed by atoms with Crippen molar-refractivity contribution in [1.82, 2.24) is 9.78 Å². The first-order valence-electron chi connectivity index (χ1n) is 9.96. The number of carbonyl (C=O) groups excluding carboxylic acids is 1. The Morgan fingerprint density at radius 1 is 1.16 bits per heavy atom. The van der Waals surface area contributed by atoms with Gasteiger partial charge < -0.3 is 14.5 Å². The van der Waals surface area contributed by atoms with E-state index in [1.165, 1.54) is 0 Å². The highest BCUT2D eigenvalue weighted by Crippen LogP contribution is 2.26. The van der Waals surface area contributed by atoms with E-state index in [0.29, 0.717) is 28.8 Å². The largest absolute Gasteiger partial charge is 0.484 e. The average Bonchev–Trinajstić information content (AvgIpc) is 3.34. The Morgan fingerprint density at radius 2 is 1.97 bits per heavy atom. The monoisotopic (exact) mass is 513 g/mol. The molecule has 0 fully saturated rings. The van der Waals surface area contributed by atoms with E-state index in [4.69, 9.17) is 20.8 Å². The molecule has 0 radical (unpaired) electrons. The molecule has 0 aliphatic carbocycles. The third kappa shape index (κ3) is 5.06. The lowest BCUT2D eigenvalue weighted by Crippen LogP contribution is -2.12. The Labute approximate surface area is 199 Å². The summed E-state index contributed by atoms with van der Waals surface area (Å²) in [5, 5.41) is 8.16. The van der Waals surface area contributed by atoms with Gasteiger partial charge in [-0.25, -0.2) is 0 Å². The second-order valence-electron chi connectivity index (χ2n) is 7.27. The Balaban J connectivity index is 1.43. The molecule has 32 heavy (non-hydrogen) atoms. The number of amides is 1. The molecule has 0 atom stereocenters. The third-order valence-electron chi connectivity index (χ3n) is 4.93. The fourth-order valence-corrected chi connectivity index (χ4v) is 3.92. The van der Waals surface area contributed by atoms with Crippen LogP contribution in [0.3, 0.4) is 0 Å². The van der Waals surface area contributed by atoms with Gasteiger partial charge in [-0.2, -0.15) is 5.10 Å². The summed E-state index contributed by atoms with van der Waals surface area (Å²) in [5.41, 5.74) is 3.27. The van der Waals surface area contributed by atoms with Crippen molar-refractivity contribution in [2.45, 2.75) is 27.0 Å². The van der Waals surface area contributed by atoms with Crippen molar-refractivity contribution in [2.24, 2.45) is 0 Å². The summed E-state index contributed by atoms with van der Waals surface area (Å²) in [4.78, 5) is 12.8. The van der Waals surface area contributed by atoms with Gasteiger partial charge in [-0.15, -0.1) is 0 Å². The van der Waals surface area contributed by atoms with Gasteiger partial charge in [0, 0.05) is 5.02 Å². The molecule has 0 aliphatic heterocycles. The van der Waals surface area contributed by atoms with Crippen LogP contribution in [-0.2, 0) is 13.2 Å². The zero-order chi connectivity index (χ0) is 22.7. The zero-order valence-corrected chi connectivity index (χ0v) is 19.9. The van der Waals surface area contributed by atoms with Crippen LogP contribution >= 0.6 is 27.5 Å². The minimum absolute atomic E-state index is 0.206. The lowest BCUT2D eigenvalue weighted by atomic mass is 10.2. The molecule has 0 aliphatic rings. The van der Waals surface area contributed by atoms with Crippen molar-refractivity contribution in [3.8, 4) is 5.75 Å². The highest BCUT2D eigenvalue weighted by molar-refractivity contribution is 9.10. The van der Waals surface area contributed by atoms with Crippen molar-refractivity contribution in [2.75, 3.05) is 5.32 Å². The number of aromatic nitrogens is 2. The number of hydrogen-bond acceptors (Lipinski definition) is 4. The van der Waals surface area contributed by atoms with E-state index in [1.54, 1.807) is 12.1 Å². The van der Waals surface area contributed by atoms with Crippen LogP contribution in [0, 0.1) is 13.8 Å². The normalized spacial score (nSPS) is 10.9. The van der Waals surface area contributed by atoms with Gasteiger partial charge in [0.25, 0.3) is 5.91 Å². The summed E-state index contributed by atoms with van der Waals surface area (Å²) < 4.78 is 14.1. The molecule has 0 spiro atoms. The number of carbonyl (C=O) groups is 1. The maximum absolute atomic E-state index is 12.8. The summed E-state index contributed by atoms with van der Waals surface area (Å²) in [6, 6.07) is 18.5. The van der Waals surface area contributed by atoms with Crippen LogP contribution in [0.25, 0.3) is 0 Å². The number of para-hydroxylation sites is 1. The van der Waals surface area contributed by atoms with Crippen LogP contribution in [0.1, 0.15) is 33.3 Å². The van der Waals surface area contributed by atoms with Crippen molar-refractivity contribution in [3.05, 3.63) is 98.6 Å². The quantitative estimate of drug-likeness (QED) is 0.310. The highest BCUT2D eigenvalue weighted by Gasteiger charge is 2.18. The van der Waals surface area contributed by atoms with Crippen LogP contribution in [0.2, 0.25) is 5.02 Å². The zero-order valence-electron chi connectivity index (χ0n) is 17.6. The minimum atomic E-state index is -0.342. The van der Waals surface area contributed by atoms with Crippen LogP contribution in [0.5, 0.6) is 5.75 Å². The summed E-state index contributed by atoms with van der Waals surface area (Å²) in [6.45, 7) is 4.54. The molecule has 1 N–H and O–H groups in total. The molecular formula is C24H21BrClN3O3. The van der Waals surface area contributed by atoms with Crippen molar-refractivity contribution >= 4 is 39.1 Å². The molecular weight excluding hydrogens is 494 g/mol. The Kier molecular flexibility index (Phi) is 6.67. The molecule has 0 unspecified atom stereocenters.